The summed E-state index contributed by atoms with van der Waals surface area (Å²) in [5.41, 5.74) is 3.73. The lowest BCUT2D eigenvalue weighted by Gasteiger charge is -2.10. The van der Waals surface area contributed by atoms with Crippen LogP contribution in [0.1, 0.15) is 64.9 Å². The van der Waals surface area contributed by atoms with Crippen molar-refractivity contribution in [1.82, 2.24) is 9.97 Å². The number of nitrogens with zero attached hydrogens (tertiary/aromatic N) is 2. The van der Waals surface area contributed by atoms with Crippen molar-refractivity contribution >= 4 is 33.1 Å². The van der Waals surface area contributed by atoms with E-state index in [2.05, 4.69) is 10.3 Å². The first-order chi connectivity index (χ1) is 13.4. The average Bonchev–Trinajstić information content (AvgIpc) is 3.44. The topological polar surface area (TPSA) is 64.1 Å². The summed E-state index contributed by atoms with van der Waals surface area (Å²) in [6.45, 7) is 8.54. The Morgan fingerprint density at radius 2 is 2.07 bits per heavy atom. The van der Waals surface area contributed by atoms with E-state index in [4.69, 9.17) is 9.72 Å². The fraction of sp³-hybridized carbons (Fsp3) is 0.409. The molecule has 1 aromatic carbocycles. The van der Waals surface area contributed by atoms with Gasteiger partial charge in [0.2, 0.25) is 0 Å². The molecule has 0 bridgehead atoms. The van der Waals surface area contributed by atoms with Crippen LogP contribution in [0.15, 0.2) is 24.3 Å². The van der Waals surface area contributed by atoms with Crippen molar-refractivity contribution in [3.8, 4) is 0 Å². The highest BCUT2D eigenvalue weighted by Gasteiger charge is 2.28. The van der Waals surface area contributed by atoms with Gasteiger partial charge in [-0.2, -0.15) is 0 Å². The number of carbonyl (C=O) groups excluding carboxylic acids is 1. The summed E-state index contributed by atoms with van der Waals surface area (Å²) < 4.78 is 5.65. The molecule has 146 valence electrons. The highest BCUT2D eigenvalue weighted by molar-refractivity contribution is 7.20. The summed E-state index contributed by atoms with van der Waals surface area (Å²) in [5.74, 6) is 1.32. The third-order valence-electron chi connectivity index (χ3n) is 4.91. The van der Waals surface area contributed by atoms with Gasteiger partial charge in [-0.05, 0) is 63.8 Å². The molecule has 1 aliphatic rings. The van der Waals surface area contributed by atoms with Crippen LogP contribution in [0.25, 0.3) is 10.2 Å². The minimum absolute atomic E-state index is 0.102. The van der Waals surface area contributed by atoms with E-state index in [9.17, 15) is 4.79 Å². The third-order valence-corrected chi connectivity index (χ3v) is 6.09. The monoisotopic (exact) mass is 395 g/mol. The molecule has 2 aromatic heterocycles. The van der Waals surface area contributed by atoms with Crippen molar-refractivity contribution in [3.63, 3.8) is 0 Å². The zero-order valence-corrected chi connectivity index (χ0v) is 17.5. The zero-order valence-electron chi connectivity index (χ0n) is 16.7. The Morgan fingerprint density at radius 1 is 1.29 bits per heavy atom. The molecule has 0 aliphatic heterocycles. The molecule has 0 spiro atoms. The molecular formula is C22H25N3O2S. The van der Waals surface area contributed by atoms with Crippen LogP contribution in [0, 0.1) is 13.8 Å². The van der Waals surface area contributed by atoms with Gasteiger partial charge in [-0.1, -0.05) is 12.1 Å². The van der Waals surface area contributed by atoms with E-state index < -0.39 is 0 Å². The Balaban J connectivity index is 1.58. The van der Waals surface area contributed by atoms with E-state index in [0.29, 0.717) is 17.4 Å². The molecule has 3 aromatic rings. The van der Waals surface area contributed by atoms with Gasteiger partial charge in [0.15, 0.2) is 0 Å². The summed E-state index contributed by atoms with van der Waals surface area (Å²) in [6.07, 6.45) is 2.50. The maximum absolute atomic E-state index is 12.9. The van der Waals surface area contributed by atoms with Crippen molar-refractivity contribution < 1.29 is 9.53 Å². The molecule has 6 heteroatoms. The van der Waals surface area contributed by atoms with Crippen LogP contribution in [0.5, 0.6) is 0 Å². The maximum atomic E-state index is 12.9. The lowest BCUT2D eigenvalue weighted by atomic mass is 10.1. The number of amides is 1. The summed E-state index contributed by atoms with van der Waals surface area (Å²) in [4.78, 5) is 24.0. The summed E-state index contributed by atoms with van der Waals surface area (Å²) in [5, 5.41) is 4.04. The van der Waals surface area contributed by atoms with Gasteiger partial charge in [-0.25, -0.2) is 9.97 Å². The molecule has 1 aliphatic carbocycles. The van der Waals surface area contributed by atoms with Gasteiger partial charge in [0, 0.05) is 17.0 Å². The minimum Gasteiger partial charge on any atom is -0.374 e. The van der Waals surface area contributed by atoms with Crippen LogP contribution < -0.4 is 5.32 Å². The molecule has 1 N–H and O–H groups in total. The molecule has 1 amide bonds. The van der Waals surface area contributed by atoms with Gasteiger partial charge in [-0.3, -0.25) is 4.79 Å². The smallest absolute Gasteiger partial charge is 0.266 e. The van der Waals surface area contributed by atoms with Crippen LogP contribution >= 0.6 is 11.3 Å². The number of ether oxygens (including phenoxy) is 1. The second-order valence-electron chi connectivity index (χ2n) is 7.69. The first-order valence-corrected chi connectivity index (χ1v) is 10.5. The van der Waals surface area contributed by atoms with Gasteiger partial charge < -0.3 is 10.1 Å². The molecule has 28 heavy (non-hydrogen) atoms. The SMILES string of the molecule is Cc1nc(C2CC2)nc2sc(C(=O)Nc3cccc(COC(C)C)c3)c(C)c12. The van der Waals surface area contributed by atoms with E-state index in [-0.39, 0.29) is 12.0 Å². The van der Waals surface area contributed by atoms with Crippen LogP contribution in [0.3, 0.4) is 0 Å². The maximum Gasteiger partial charge on any atom is 0.266 e. The molecule has 0 saturated heterocycles. The molecule has 0 atom stereocenters. The highest BCUT2D eigenvalue weighted by atomic mass is 32.1. The number of fused-ring (bicyclic) bond motifs is 1. The average molecular weight is 396 g/mol. The van der Waals surface area contributed by atoms with Crippen LogP contribution in [0.2, 0.25) is 0 Å². The molecule has 2 heterocycles. The third kappa shape index (κ3) is 3.93. The lowest BCUT2D eigenvalue weighted by Crippen LogP contribution is -2.11. The van der Waals surface area contributed by atoms with E-state index in [1.807, 2.05) is 52.0 Å². The molecule has 1 saturated carbocycles. The number of aromatic nitrogens is 2. The number of thiophene rings is 1. The van der Waals surface area contributed by atoms with Gasteiger partial charge >= 0.3 is 0 Å². The van der Waals surface area contributed by atoms with Crippen molar-refractivity contribution in [3.05, 3.63) is 51.8 Å². The highest BCUT2D eigenvalue weighted by Crippen LogP contribution is 2.40. The van der Waals surface area contributed by atoms with Crippen LogP contribution in [-0.4, -0.2) is 22.0 Å². The molecule has 0 unspecified atom stereocenters. The number of benzene rings is 1. The van der Waals surface area contributed by atoms with E-state index in [1.165, 1.54) is 24.2 Å². The second kappa shape index (κ2) is 7.60. The summed E-state index contributed by atoms with van der Waals surface area (Å²) in [7, 11) is 0. The number of nitrogens with one attached hydrogen (secondary N) is 1. The number of aryl methyl sites for hydroxylation is 2. The van der Waals surface area contributed by atoms with Crippen molar-refractivity contribution in [1.29, 1.82) is 0 Å². The summed E-state index contributed by atoms with van der Waals surface area (Å²) >= 11 is 1.46. The van der Waals surface area contributed by atoms with Crippen molar-refractivity contribution in [2.24, 2.45) is 0 Å². The van der Waals surface area contributed by atoms with E-state index >= 15 is 0 Å². The number of rotatable bonds is 6. The van der Waals surface area contributed by atoms with Gasteiger partial charge in [0.25, 0.3) is 5.91 Å². The quantitative estimate of drug-likeness (QED) is 0.610. The summed E-state index contributed by atoms with van der Waals surface area (Å²) in [6, 6.07) is 7.79. The number of hydrogen-bond acceptors (Lipinski definition) is 5. The Kier molecular flexibility index (Phi) is 5.17. The van der Waals surface area contributed by atoms with E-state index in [1.54, 1.807) is 0 Å². The number of carbonyl (C=O) groups is 1. The van der Waals surface area contributed by atoms with Gasteiger partial charge in [-0.15, -0.1) is 11.3 Å². The molecular weight excluding hydrogens is 370 g/mol. The Bertz CT molecular complexity index is 1040. The minimum atomic E-state index is -0.102. The second-order valence-corrected chi connectivity index (χ2v) is 8.69. The fourth-order valence-corrected chi connectivity index (χ4v) is 4.42. The standard InChI is InChI=1S/C22H25N3O2S/c1-12(2)27-11-15-6-5-7-17(10-15)24-21(26)19-13(3)18-14(4)23-20(16-8-9-16)25-22(18)28-19/h5-7,10,12,16H,8-9,11H2,1-4H3,(H,24,26). The predicted octanol–water partition coefficient (Wildman–Crippen LogP) is 5.36. The van der Waals surface area contributed by atoms with Crippen molar-refractivity contribution in [2.45, 2.75) is 59.2 Å². The Morgan fingerprint density at radius 3 is 2.79 bits per heavy atom. The Labute approximate surface area is 169 Å². The largest absolute Gasteiger partial charge is 0.374 e. The fourth-order valence-electron chi connectivity index (χ4n) is 3.29. The number of hydrogen-bond donors (Lipinski definition) is 1. The molecule has 1 fully saturated rings. The normalized spacial score (nSPS) is 14.0. The van der Waals surface area contributed by atoms with Crippen molar-refractivity contribution in [2.75, 3.05) is 5.32 Å². The lowest BCUT2D eigenvalue weighted by molar-refractivity contribution is 0.0657. The predicted molar refractivity (Wildman–Crippen MR) is 113 cm³/mol. The van der Waals surface area contributed by atoms with Gasteiger partial charge in [0.1, 0.15) is 10.7 Å². The van der Waals surface area contributed by atoms with Gasteiger partial charge in [0.05, 0.1) is 23.3 Å². The zero-order chi connectivity index (χ0) is 19.8. The molecule has 0 radical (unpaired) electrons. The molecule has 4 rings (SSSR count). The van der Waals surface area contributed by atoms with E-state index in [0.717, 1.165) is 38.5 Å². The van der Waals surface area contributed by atoms with Crippen LogP contribution in [-0.2, 0) is 11.3 Å². The first kappa shape index (κ1) is 19.0. The molecule has 5 nitrogen and oxygen atoms in total. The number of anilines is 1. The Hall–Kier alpha value is -2.31. The first-order valence-electron chi connectivity index (χ1n) is 9.72. The van der Waals surface area contributed by atoms with Crippen LogP contribution in [0.4, 0.5) is 5.69 Å².